The molecular weight excluding hydrogens is 471 g/mol. The third kappa shape index (κ3) is 5.87. The number of benzene rings is 2. The van der Waals surface area contributed by atoms with Crippen LogP contribution in [0, 0.1) is 0 Å². The lowest BCUT2D eigenvalue weighted by molar-refractivity contribution is -0.137. The molecule has 1 heterocycles. The summed E-state index contributed by atoms with van der Waals surface area (Å²) in [7, 11) is 1.52. The lowest BCUT2D eigenvalue weighted by atomic mass is 10.1. The van der Waals surface area contributed by atoms with Crippen molar-refractivity contribution in [3.63, 3.8) is 0 Å². The molecule has 0 aliphatic carbocycles. The van der Waals surface area contributed by atoms with Crippen LogP contribution in [0.15, 0.2) is 53.7 Å². The molecule has 34 heavy (non-hydrogen) atoms. The molecular formula is C22H22F3N5O3S. The molecule has 0 spiro atoms. The summed E-state index contributed by atoms with van der Waals surface area (Å²) in [5, 5.41) is 12.4. The fourth-order valence-corrected chi connectivity index (χ4v) is 3.82. The highest BCUT2D eigenvalue weighted by atomic mass is 32.2. The fraction of sp³-hybridized carbons (Fsp3) is 0.273. The van der Waals surface area contributed by atoms with Gasteiger partial charge in [0.15, 0.2) is 11.0 Å². The molecule has 3 amide bonds. The predicted molar refractivity (Wildman–Crippen MR) is 121 cm³/mol. The quantitative estimate of drug-likeness (QED) is 0.477. The molecule has 12 heteroatoms. The molecule has 2 aromatic carbocycles. The number of nitrogens with one attached hydrogen (secondary N) is 2. The van der Waals surface area contributed by atoms with Crippen molar-refractivity contribution in [1.82, 2.24) is 25.4 Å². The van der Waals surface area contributed by atoms with Gasteiger partial charge in [0.25, 0.3) is 0 Å². The van der Waals surface area contributed by atoms with Gasteiger partial charge in [-0.25, -0.2) is 4.79 Å². The van der Waals surface area contributed by atoms with Gasteiger partial charge in [0.2, 0.25) is 5.91 Å². The second-order valence-corrected chi connectivity index (χ2v) is 8.33. The van der Waals surface area contributed by atoms with Crippen molar-refractivity contribution in [2.75, 3.05) is 13.7 Å². The maximum Gasteiger partial charge on any atom is 0.416 e. The van der Waals surface area contributed by atoms with Crippen molar-refractivity contribution in [3.8, 4) is 22.8 Å². The second-order valence-electron chi connectivity index (χ2n) is 7.03. The van der Waals surface area contributed by atoms with Crippen LogP contribution < -0.4 is 15.4 Å². The van der Waals surface area contributed by atoms with Crippen LogP contribution in [0.2, 0.25) is 0 Å². The van der Waals surface area contributed by atoms with Crippen molar-refractivity contribution in [1.29, 1.82) is 0 Å². The first kappa shape index (κ1) is 25.1. The zero-order valence-electron chi connectivity index (χ0n) is 18.5. The summed E-state index contributed by atoms with van der Waals surface area (Å²) < 4.78 is 46.7. The van der Waals surface area contributed by atoms with E-state index in [0.29, 0.717) is 17.9 Å². The summed E-state index contributed by atoms with van der Waals surface area (Å²) >= 11 is 0.961. The van der Waals surface area contributed by atoms with Crippen molar-refractivity contribution >= 4 is 23.7 Å². The number of imide groups is 1. The minimum Gasteiger partial charge on any atom is -0.497 e. The van der Waals surface area contributed by atoms with Crippen LogP contribution in [0.25, 0.3) is 17.1 Å². The maximum absolute atomic E-state index is 13.4. The molecule has 0 aliphatic heterocycles. The van der Waals surface area contributed by atoms with Crippen LogP contribution >= 0.6 is 11.8 Å². The van der Waals surface area contributed by atoms with Crippen LogP contribution in [-0.4, -0.2) is 45.6 Å². The molecule has 0 fully saturated rings. The van der Waals surface area contributed by atoms with Gasteiger partial charge in [-0.1, -0.05) is 17.8 Å². The van der Waals surface area contributed by atoms with Gasteiger partial charge < -0.3 is 10.1 Å². The van der Waals surface area contributed by atoms with Gasteiger partial charge in [0.05, 0.1) is 23.6 Å². The standard InChI is InChI=1S/C22H22F3N5O3S/c1-4-26-20(32)27-19(31)13(2)34-21-29-28-18(14-8-10-17(33-3)11-9-14)30(21)16-7-5-6-15(12-16)22(23,24)25/h5-13H,4H2,1-3H3,(H2,26,27,31,32). The molecule has 0 bridgehead atoms. The molecule has 0 saturated carbocycles. The van der Waals surface area contributed by atoms with E-state index in [1.165, 1.54) is 23.8 Å². The number of amides is 3. The van der Waals surface area contributed by atoms with Gasteiger partial charge in [0.1, 0.15) is 5.75 Å². The first-order valence-corrected chi connectivity index (χ1v) is 11.0. The van der Waals surface area contributed by atoms with Gasteiger partial charge >= 0.3 is 12.2 Å². The molecule has 0 radical (unpaired) electrons. The summed E-state index contributed by atoms with van der Waals surface area (Å²) in [5.41, 5.74) is -0.0844. The molecule has 1 unspecified atom stereocenters. The normalized spacial score (nSPS) is 12.2. The summed E-state index contributed by atoms with van der Waals surface area (Å²) in [4.78, 5) is 24.1. The van der Waals surface area contributed by atoms with E-state index in [9.17, 15) is 22.8 Å². The number of aromatic nitrogens is 3. The Morgan fingerprint density at radius 3 is 2.47 bits per heavy atom. The van der Waals surface area contributed by atoms with Gasteiger partial charge in [-0.2, -0.15) is 13.2 Å². The smallest absolute Gasteiger partial charge is 0.416 e. The summed E-state index contributed by atoms with van der Waals surface area (Å²) in [6, 6.07) is 10.9. The number of rotatable bonds is 7. The summed E-state index contributed by atoms with van der Waals surface area (Å²) in [5.74, 6) is 0.292. The van der Waals surface area contributed by atoms with Crippen molar-refractivity contribution in [2.24, 2.45) is 0 Å². The Balaban J connectivity index is 2.02. The molecule has 3 aromatic rings. The zero-order chi connectivity index (χ0) is 24.9. The Hall–Kier alpha value is -3.54. The molecule has 8 nitrogen and oxygen atoms in total. The first-order chi connectivity index (χ1) is 16.1. The minimum absolute atomic E-state index is 0.171. The number of hydrogen-bond acceptors (Lipinski definition) is 6. The highest BCUT2D eigenvalue weighted by molar-refractivity contribution is 8.00. The number of urea groups is 1. The van der Waals surface area contributed by atoms with E-state index in [4.69, 9.17) is 4.74 Å². The van der Waals surface area contributed by atoms with Crippen molar-refractivity contribution in [2.45, 2.75) is 30.4 Å². The molecule has 180 valence electrons. The number of nitrogens with zero attached hydrogens (tertiary/aromatic N) is 3. The molecule has 1 atom stereocenters. The Labute approximate surface area is 197 Å². The third-order valence-electron chi connectivity index (χ3n) is 4.64. The number of hydrogen-bond donors (Lipinski definition) is 2. The van der Waals surface area contributed by atoms with Crippen LogP contribution in [-0.2, 0) is 11.0 Å². The molecule has 2 N–H and O–H groups in total. The minimum atomic E-state index is -4.54. The maximum atomic E-state index is 13.4. The predicted octanol–water partition coefficient (Wildman–Crippen LogP) is 4.29. The lowest BCUT2D eigenvalue weighted by Gasteiger charge is -2.15. The number of thioether (sulfide) groups is 1. The van der Waals surface area contributed by atoms with Crippen LogP contribution in [0.4, 0.5) is 18.0 Å². The average Bonchev–Trinajstić information content (AvgIpc) is 3.22. The number of carbonyl (C=O) groups is 2. The van der Waals surface area contributed by atoms with Crippen LogP contribution in [0.5, 0.6) is 5.75 Å². The van der Waals surface area contributed by atoms with Crippen LogP contribution in [0.1, 0.15) is 19.4 Å². The van der Waals surface area contributed by atoms with E-state index in [1.807, 2.05) is 0 Å². The Morgan fingerprint density at radius 2 is 1.85 bits per heavy atom. The number of carbonyl (C=O) groups excluding carboxylic acids is 2. The fourth-order valence-electron chi connectivity index (χ4n) is 2.96. The Morgan fingerprint density at radius 1 is 1.15 bits per heavy atom. The number of halogens is 3. The van der Waals surface area contributed by atoms with E-state index < -0.39 is 28.9 Å². The summed E-state index contributed by atoms with van der Waals surface area (Å²) in [6.07, 6.45) is -4.54. The van der Waals surface area contributed by atoms with Gasteiger partial charge in [-0.15, -0.1) is 10.2 Å². The number of methoxy groups -OCH3 is 1. The molecule has 1 aromatic heterocycles. The highest BCUT2D eigenvalue weighted by Crippen LogP contribution is 2.34. The van der Waals surface area contributed by atoms with Crippen molar-refractivity contribution < 1.29 is 27.5 Å². The third-order valence-corrected chi connectivity index (χ3v) is 5.68. The topological polar surface area (TPSA) is 98.1 Å². The lowest BCUT2D eigenvalue weighted by Crippen LogP contribution is -2.42. The largest absolute Gasteiger partial charge is 0.497 e. The average molecular weight is 494 g/mol. The number of alkyl halides is 3. The second kappa shape index (κ2) is 10.6. The first-order valence-electron chi connectivity index (χ1n) is 10.2. The van der Waals surface area contributed by atoms with Crippen LogP contribution in [0.3, 0.4) is 0 Å². The van der Waals surface area contributed by atoms with E-state index in [2.05, 4.69) is 20.8 Å². The van der Waals surface area contributed by atoms with Crippen molar-refractivity contribution in [3.05, 3.63) is 54.1 Å². The number of ether oxygens (including phenoxy) is 1. The monoisotopic (exact) mass is 493 g/mol. The summed E-state index contributed by atoms with van der Waals surface area (Å²) in [6.45, 7) is 3.60. The van der Waals surface area contributed by atoms with E-state index >= 15 is 0 Å². The zero-order valence-corrected chi connectivity index (χ0v) is 19.3. The Kier molecular flexibility index (Phi) is 7.82. The SMILES string of the molecule is CCNC(=O)NC(=O)C(C)Sc1nnc(-c2ccc(OC)cc2)n1-c1cccc(C(F)(F)F)c1. The molecule has 3 rings (SSSR count). The van der Waals surface area contributed by atoms with E-state index in [0.717, 1.165) is 23.9 Å². The van der Waals surface area contributed by atoms with E-state index in [1.54, 1.807) is 38.1 Å². The van der Waals surface area contributed by atoms with Gasteiger partial charge in [0, 0.05) is 12.1 Å². The molecule has 0 aliphatic rings. The highest BCUT2D eigenvalue weighted by Gasteiger charge is 2.31. The Bertz CT molecular complexity index is 1170. The molecule has 0 saturated heterocycles. The van der Waals surface area contributed by atoms with E-state index in [-0.39, 0.29) is 16.7 Å². The van der Waals surface area contributed by atoms with Gasteiger partial charge in [-0.3, -0.25) is 14.7 Å². The van der Waals surface area contributed by atoms with Gasteiger partial charge in [-0.05, 0) is 56.3 Å².